The Morgan fingerprint density at radius 2 is 2.38 bits per heavy atom. The number of hydrogen-bond donors (Lipinski definition) is 2. The molecule has 0 bridgehead atoms. The lowest BCUT2D eigenvalue weighted by atomic mass is 10.1. The number of rotatable bonds is 6. The highest BCUT2D eigenvalue weighted by Crippen LogP contribution is 2.23. The van der Waals surface area contributed by atoms with E-state index in [9.17, 15) is 4.79 Å². The van der Waals surface area contributed by atoms with E-state index < -0.39 is 0 Å². The number of nitrogens with two attached hydrogens (primary N) is 1. The van der Waals surface area contributed by atoms with E-state index in [4.69, 9.17) is 15.2 Å². The van der Waals surface area contributed by atoms with Gasteiger partial charge in [-0.1, -0.05) is 19.1 Å². The van der Waals surface area contributed by atoms with Crippen LogP contribution in [0, 0.1) is 12.8 Å². The highest BCUT2D eigenvalue weighted by Gasteiger charge is 2.19. The Hall–Kier alpha value is -1.59. The molecular weight excluding hydrogens is 268 g/mol. The number of benzene rings is 1. The van der Waals surface area contributed by atoms with Crippen LogP contribution in [-0.4, -0.2) is 31.8 Å². The number of carbonyl (C=O) groups excluding carboxylic acids is 1. The van der Waals surface area contributed by atoms with Crippen molar-refractivity contribution in [2.24, 2.45) is 11.7 Å². The average molecular weight is 292 g/mol. The molecule has 2 rings (SSSR count). The molecule has 0 aliphatic carbocycles. The van der Waals surface area contributed by atoms with Crippen LogP contribution in [0.2, 0.25) is 0 Å². The third kappa shape index (κ3) is 4.44. The first-order valence-electron chi connectivity index (χ1n) is 7.42. The van der Waals surface area contributed by atoms with Crippen LogP contribution in [-0.2, 0) is 16.1 Å². The van der Waals surface area contributed by atoms with Crippen molar-refractivity contribution in [3.63, 3.8) is 0 Å². The Morgan fingerprint density at radius 3 is 3.05 bits per heavy atom. The van der Waals surface area contributed by atoms with Crippen molar-refractivity contribution >= 4 is 5.91 Å². The van der Waals surface area contributed by atoms with E-state index in [0.717, 1.165) is 29.9 Å². The first-order valence-corrected chi connectivity index (χ1v) is 7.42. The Balaban J connectivity index is 2.02. The van der Waals surface area contributed by atoms with Crippen molar-refractivity contribution in [3.8, 4) is 5.75 Å². The molecule has 21 heavy (non-hydrogen) atoms. The van der Waals surface area contributed by atoms with E-state index in [-0.39, 0.29) is 17.9 Å². The summed E-state index contributed by atoms with van der Waals surface area (Å²) in [7, 11) is 0. The molecule has 0 radical (unpaired) electrons. The lowest BCUT2D eigenvalue weighted by Crippen LogP contribution is -2.33. The monoisotopic (exact) mass is 292 g/mol. The summed E-state index contributed by atoms with van der Waals surface area (Å²) in [6.07, 6.45) is 1.01. The Bertz CT molecular complexity index is 484. The highest BCUT2D eigenvalue weighted by molar-refractivity contribution is 5.78. The van der Waals surface area contributed by atoms with Gasteiger partial charge >= 0.3 is 0 Å². The van der Waals surface area contributed by atoms with Crippen LogP contribution in [0.15, 0.2) is 18.2 Å². The molecule has 2 atom stereocenters. The van der Waals surface area contributed by atoms with Gasteiger partial charge in [0.2, 0.25) is 5.91 Å². The number of nitrogens with one attached hydrogen (secondary N) is 1. The molecule has 1 aromatic rings. The minimum atomic E-state index is -0.178. The lowest BCUT2D eigenvalue weighted by Gasteiger charge is -2.17. The number of hydrogen-bond acceptors (Lipinski definition) is 4. The smallest absolute Gasteiger partial charge is 0.224 e. The van der Waals surface area contributed by atoms with Crippen LogP contribution in [0.4, 0.5) is 0 Å². The largest absolute Gasteiger partial charge is 0.488 e. The van der Waals surface area contributed by atoms with E-state index in [1.807, 2.05) is 32.0 Å². The number of aryl methyl sites for hydroxylation is 1. The highest BCUT2D eigenvalue weighted by atomic mass is 16.5. The standard InChI is InChI=1S/C16H24N2O3/c1-11-3-4-13(9-18-16(19)12(2)8-17)15(7-11)21-14-5-6-20-10-14/h3-4,7,12,14H,5-6,8-10,17H2,1-2H3,(H,18,19). The van der Waals surface area contributed by atoms with Crippen LogP contribution < -0.4 is 15.8 Å². The Kier molecular flexibility index (Phi) is 5.59. The third-order valence-corrected chi connectivity index (χ3v) is 3.66. The van der Waals surface area contributed by atoms with E-state index in [1.54, 1.807) is 0 Å². The zero-order chi connectivity index (χ0) is 15.2. The van der Waals surface area contributed by atoms with Gasteiger partial charge in [-0.05, 0) is 18.6 Å². The number of amides is 1. The van der Waals surface area contributed by atoms with Gasteiger partial charge in [-0.3, -0.25) is 4.79 Å². The summed E-state index contributed by atoms with van der Waals surface area (Å²) in [5, 5.41) is 2.90. The van der Waals surface area contributed by atoms with Crippen LogP contribution in [0.5, 0.6) is 5.75 Å². The fraction of sp³-hybridized carbons (Fsp3) is 0.562. The molecule has 5 nitrogen and oxygen atoms in total. The Labute approximate surface area is 125 Å². The van der Waals surface area contributed by atoms with Crippen molar-refractivity contribution in [1.29, 1.82) is 0 Å². The molecule has 1 saturated heterocycles. The molecule has 2 unspecified atom stereocenters. The first kappa shape index (κ1) is 15.8. The second-order valence-corrected chi connectivity index (χ2v) is 5.57. The molecule has 0 spiro atoms. The second kappa shape index (κ2) is 7.43. The molecule has 3 N–H and O–H groups in total. The second-order valence-electron chi connectivity index (χ2n) is 5.57. The molecule has 1 fully saturated rings. The van der Waals surface area contributed by atoms with Gasteiger partial charge in [0, 0.05) is 31.0 Å². The summed E-state index contributed by atoms with van der Waals surface area (Å²) in [6.45, 7) is 6.02. The van der Waals surface area contributed by atoms with Crippen LogP contribution in [0.3, 0.4) is 0 Å². The maximum Gasteiger partial charge on any atom is 0.224 e. The topological polar surface area (TPSA) is 73.6 Å². The van der Waals surface area contributed by atoms with Crippen molar-refractivity contribution in [1.82, 2.24) is 5.32 Å². The quantitative estimate of drug-likeness (QED) is 0.830. The van der Waals surface area contributed by atoms with E-state index in [0.29, 0.717) is 19.7 Å². The van der Waals surface area contributed by atoms with Gasteiger partial charge in [0.1, 0.15) is 11.9 Å². The fourth-order valence-corrected chi connectivity index (χ4v) is 2.17. The molecule has 5 heteroatoms. The summed E-state index contributed by atoms with van der Waals surface area (Å²) in [6, 6.07) is 6.02. The van der Waals surface area contributed by atoms with E-state index >= 15 is 0 Å². The molecule has 0 saturated carbocycles. The summed E-state index contributed by atoms with van der Waals surface area (Å²) in [4.78, 5) is 11.8. The van der Waals surface area contributed by atoms with Gasteiger partial charge in [0.25, 0.3) is 0 Å². The van der Waals surface area contributed by atoms with Crippen LogP contribution >= 0.6 is 0 Å². The van der Waals surface area contributed by atoms with Gasteiger partial charge in [-0.2, -0.15) is 0 Å². The fourth-order valence-electron chi connectivity index (χ4n) is 2.17. The number of ether oxygens (including phenoxy) is 2. The predicted octanol–water partition coefficient (Wildman–Crippen LogP) is 1.37. The summed E-state index contributed by atoms with van der Waals surface area (Å²) in [5.41, 5.74) is 7.61. The molecule has 1 heterocycles. The zero-order valence-electron chi connectivity index (χ0n) is 12.7. The van der Waals surface area contributed by atoms with Gasteiger partial charge < -0.3 is 20.5 Å². The first-order chi connectivity index (χ1) is 10.1. The van der Waals surface area contributed by atoms with Crippen LogP contribution in [0.1, 0.15) is 24.5 Å². The molecule has 1 aromatic carbocycles. The van der Waals surface area contributed by atoms with Crippen molar-refractivity contribution < 1.29 is 14.3 Å². The predicted molar refractivity (Wildman–Crippen MR) is 81.1 cm³/mol. The molecule has 116 valence electrons. The van der Waals surface area contributed by atoms with E-state index in [2.05, 4.69) is 5.32 Å². The molecule has 1 amide bonds. The molecule has 0 aromatic heterocycles. The van der Waals surface area contributed by atoms with Gasteiger partial charge in [-0.15, -0.1) is 0 Å². The van der Waals surface area contributed by atoms with Gasteiger partial charge in [0.15, 0.2) is 0 Å². The molecule has 1 aliphatic rings. The lowest BCUT2D eigenvalue weighted by molar-refractivity contribution is -0.124. The minimum absolute atomic E-state index is 0.0341. The molecular formula is C16H24N2O3. The Morgan fingerprint density at radius 1 is 1.57 bits per heavy atom. The summed E-state index contributed by atoms with van der Waals surface area (Å²) < 4.78 is 11.3. The van der Waals surface area contributed by atoms with Gasteiger partial charge in [-0.25, -0.2) is 0 Å². The third-order valence-electron chi connectivity index (χ3n) is 3.66. The zero-order valence-corrected chi connectivity index (χ0v) is 12.7. The number of carbonyl (C=O) groups is 1. The summed E-state index contributed by atoms with van der Waals surface area (Å²) >= 11 is 0. The van der Waals surface area contributed by atoms with E-state index in [1.165, 1.54) is 0 Å². The maximum absolute atomic E-state index is 11.8. The SMILES string of the molecule is Cc1ccc(CNC(=O)C(C)CN)c(OC2CCOC2)c1. The normalized spacial score (nSPS) is 19.3. The molecule has 1 aliphatic heterocycles. The minimum Gasteiger partial charge on any atom is -0.488 e. The van der Waals surface area contributed by atoms with Gasteiger partial charge in [0.05, 0.1) is 13.2 Å². The van der Waals surface area contributed by atoms with Crippen LogP contribution in [0.25, 0.3) is 0 Å². The average Bonchev–Trinajstić information content (AvgIpc) is 2.98. The van der Waals surface area contributed by atoms with Crippen molar-refractivity contribution in [3.05, 3.63) is 29.3 Å². The van der Waals surface area contributed by atoms with Crippen molar-refractivity contribution in [2.45, 2.75) is 32.9 Å². The van der Waals surface area contributed by atoms with Crippen molar-refractivity contribution in [2.75, 3.05) is 19.8 Å². The summed E-state index contributed by atoms with van der Waals surface area (Å²) in [5.74, 6) is 0.613. The maximum atomic E-state index is 11.8.